The summed E-state index contributed by atoms with van der Waals surface area (Å²) in [6, 6.07) is 0.617. The van der Waals surface area contributed by atoms with E-state index in [4.69, 9.17) is 4.74 Å². The number of piperidine rings is 1. The van der Waals surface area contributed by atoms with E-state index in [9.17, 15) is 8.42 Å². The van der Waals surface area contributed by atoms with Crippen LogP contribution in [0.4, 0.5) is 0 Å². The second-order valence-electron chi connectivity index (χ2n) is 13.4. The molecule has 6 heteroatoms. The van der Waals surface area contributed by atoms with Gasteiger partial charge in [-0.25, -0.2) is 13.6 Å². The van der Waals surface area contributed by atoms with E-state index in [0.29, 0.717) is 17.6 Å². The largest absolute Gasteiger partial charge is 0.370 e. The van der Waals surface area contributed by atoms with Crippen LogP contribution >= 0.6 is 0 Å². The molecule has 0 aromatic carbocycles. The first-order valence-corrected chi connectivity index (χ1v) is 16.0. The van der Waals surface area contributed by atoms with Crippen LogP contribution in [0.25, 0.3) is 0 Å². The number of allylic oxidation sites excluding steroid dienone is 1. The van der Waals surface area contributed by atoms with Gasteiger partial charge in [-0.15, -0.1) is 0 Å². The second-order valence-corrected chi connectivity index (χ2v) is 15.0. The number of sulfonamides is 1. The minimum atomic E-state index is -3.17. The monoisotopic (exact) mass is 492 g/mol. The summed E-state index contributed by atoms with van der Waals surface area (Å²) in [7, 11) is -3.17. The molecule has 0 aromatic rings. The minimum Gasteiger partial charge on any atom is -0.370 e. The van der Waals surface area contributed by atoms with Gasteiger partial charge in [0.2, 0.25) is 10.0 Å². The number of nitrogens with one attached hydrogen (secondary N) is 1. The van der Waals surface area contributed by atoms with Crippen LogP contribution in [-0.2, 0) is 14.8 Å². The number of rotatable bonds is 0. The van der Waals surface area contributed by atoms with Crippen LogP contribution in [0.5, 0.6) is 0 Å². The average Bonchev–Trinajstić information content (AvgIpc) is 3.25. The van der Waals surface area contributed by atoms with Crippen molar-refractivity contribution in [3.05, 3.63) is 11.1 Å². The zero-order valence-corrected chi connectivity index (χ0v) is 22.8. The quantitative estimate of drug-likeness (QED) is 0.458. The smallest absolute Gasteiger partial charge is 0.206 e. The molecule has 0 bridgehead atoms. The van der Waals surface area contributed by atoms with Crippen LogP contribution in [0.1, 0.15) is 97.8 Å². The Morgan fingerprint density at radius 3 is 2.65 bits per heavy atom. The van der Waals surface area contributed by atoms with E-state index in [2.05, 4.69) is 31.2 Å². The molecule has 3 saturated carbocycles. The summed E-state index contributed by atoms with van der Waals surface area (Å²) in [5.41, 5.74) is 4.44. The topological polar surface area (TPSA) is 81.4 Å². The fourth-order valence-corrected chi connectivity index (χ4v) is 9.48. The summed E-state index contributed by atoms with van der Waals surface area (Å²) in [6.45, 7) is 8.76. The van der Waals surface area contributed by atoms with E-state index in [-0.39, 0.29) is 5.60 Å². The van der Waals surface area contributed by atoms with Gasteiger partial charge in [0.1, 0.15) is 0 Å². The second kappa shape index (κ2) is 9.15. The van der Waals surface area contributed by atoms with Crippen molar-refractivity contribution >= 4 is 10.0 Å². The molecule has 6 aliphatic rings. The summed E-state index contributed by atoms with van der Waals surface area (Å²) in [6.07, 6.45) is 18.4. The van der Waals surface area contributed by atoms with Crippen LogP contribution in [0.3, 0.4) is 0 Å². The lowest BCUT2D eigenvalue weighted by Crippen LogP contribution is -2.45. The number of primary sulfonamides is 1. The predicted molar refractivity (Wildman–Crippen MR) is 138 cm³/mol. The summed E-state index contributed by atoms with van der Waals surface area (Å²) >= 11 is 0. The minimum absolute atomic E-state index is 0.148. The van der Waals surface area contributed by atoms with Crippen molar-refractivity contribution in [2.24, 2.45) is 40.1 Å². The van der Waals surface area contributed by atoms with Crippen molar-refractivity contribution in [2.45, 2.75) is 116 Å². The zero-order chi connectivity index (χ0) is 24.3. The maximum atomic E-state index is 9.41. The van der Waals surface area contributed by atoms with E-state index in [0.717, 1.165) is 35.8 Å². The Hall–Kier alpha value is -0.430. The van der Waals surface area contributed by atoms with Gasteiger partial charge in [0.25, 0.3) is 0 Å². The number of hydrogen-bond acceptors (Lipinski definition) is 4. The third-order valence-corrected chi connectivity index (χ3v) is 10.9. The summed E-state index contributed by atoms with van der Waals surface area (Å²) in [5, 5.41) is 8.15. The Bertz CT molecular complexity index is 909. The lowest BCUT2D eigenvalue weighted by Gasteiger charge is -2.52. The molecule has 6 rings (SSSR count). The van der Waals surface area contributed by atoms with Gasteiger partial charge in [-0.3, -0.25) is 0 Å². The molecule has 2 aliphatic heterocycles. The molecule has 0 aromatic heterocycles. The Morgan fingerprint density at radius 1 is 1.12 bits per heavy atom. The Balaban J connectivity index is 0.000000439. The van der Waals surface area contributed by atoms with E-state index in [1.54, 1.807) is 5.57 Å². The van der Waals surface area contributed by atoms with Crippen LogP contribution in [0, 0.1) is 35.0 Å². The highest BCUT2D eigenvalue weighted by Crippen LogP contribution is 2.65. The third kappa shape index (κ3) is 4.78. The molecule has 5 fully saturated rings. The van der Waals surface area contributed by atoms with E-state index in [1.807, 2.05) is 5.57 Å². The van der Waals surface area contributed by atoms with Crippen LogP contribution in [0.15, 0.2) is 11.1 Å². The Morgan fingerprint density at radius 2 is 1.88 bits per heavy atom. The van der Waals surface area contributed by atoms with Gasteiger partial charge >= 0.3 is 0 Å². The SMILES string of the molecule is CC1=C2CC3[C@@H](CC[C@@H]4CCCC[C@]34C)C2CC[C@]2(C1)C[C@@H]1NC[C@@H](C)C[C@H]1O2.CS(N)(=O)=O. The van der Waals surface area contributed by atoms with Gasteiger partial charge in [-0.1, -0.05) is 37.8 Å². The van der Waals surface area contributed by atoms with Crippen LogP contribution in [0.2, 0.25) is 0 Å². The fraction of sp³-hybridized carbons (Fsp3) is 0.929. The summed E-state index contributed by atoms with van der Waals surface area (Å²) in [4.78, 5) is 0. The number of nitrogens with two attached hydrogens (primary N) is 1. The maximum Gasteiger partial charge on any atom is 0.206 e. The first-order chi connectivity index (χ1) is 16.0. The van der Waals surface area contributed by atoms with E-state index < -0.39 is 10.0 Å². The Kier molecular flexibility index (Phi) is 6.79. The highest BCUT2D eigenvalue weighted by Gasteiger charge is 2.57. The molecule has 0 radical (unpaired) electrons. The van der Waals surface area contributed by atoms with Gasteiger partial charge in [-0.05, 0) is 113 Å². The molecule has 2 saturated heterocycles. The third-order valence-electron chi connectivity index (χ3n) is 10.9. The van der Waals surface area contributed by atoms with Crippen molar-refractivity contribution in [3.8, 4) is 0 Å². The van der Waals surface area contributed by atoms with E-state index in [1.165, 1.54) is 83.6 Å². The predicted octanol–water partition coefficient (Wildman–Crippen LogP) is 5.16. The number of ether oxygens (including phenoxy) is 1. The van der Waals surface area contributed by atoms with Crippen LogP contribution in [-0.4, -0.2) is 39.0 Å². The molecule has 9 atom stereocenters. The maximum absolute atomic E-state index is 9.41. The normalized spacial score (nSPS) is 48.2. The highest BCUT2D eigenvalue weighted by atomic mass is 32.2. The Labute approximate surface area is 208 Å². The first kappa shape index (κ1) is 25.2. The average molecular weight is 493 g/mol. The summed E-state index contributed by atoms with van der Waals surface area (Å²) in [5.74, 6) is 4.65. The molecule has 2 unspecified atom stereocenters. The molecule has 5 nitrogen and oxygen atoms in total. The number of hydrogen-bond donors (Lipinski definition) is 2. The van der Waals surface area contributed by atoms with Gasteiger partial charge < -0.3 is 10.1 Å². The zero-order valence-electron chi connectivity index (χ0n) is 21.9. The van der Waals surface area contributed by atoms with Crippen LogP contribution < -0.4 is 10.5 Å². The van der Waals surface area contributed by atoms with Gasteiger partial charge in [0, 0.05) is 6.04 Å². The lowest BCUT2D eigenvalue weighted by atomic mass is 9.52. The van der Waals surface area contributed by atoms with Gasteiger partial charge in [-0.2, -0.15) is 0 Å². The standard InChI is InChI=1S/C27H43NO.CH5NO2S/c1-17-12-25-24(28-16-17)15-27(29-25)11-9-20-21-8-7-19-6-4-5-10-26(19,3)23(21)13-22(20)18(2)14-27;1-5(2,3)4/h17,19-21,23-25,28H,4-16H2,1-3H3;1H3,(H2,2,3,4)/t17-,19-,20?,21-,23?,24-,25+,26-,27-;/m0./s1. The molecule has 194 valence electrons. The summed E-state index contributed by atoms with van der Waals surface area (Å²) < 4.78 is 25.7. The van der Waals surface area contributed by atoms with Crippen molar-refractivity contribution in [3.63, 3.8) is 0 Å². The van der Waals surface area contributed by atoms with Crippen molar-refractivity contribution in [1.82, 2.24) is 5.32 Å². The molecular weight excluding hydrogens is 444 g/mol. The first-order valence-electron chi connectivity index (χ1n) is 14.0. The molecule has 34 heavy (non-hydrogen) atoms. The molecule has 4 aliphatic carbocycles. The fourth-order valence-electron chi connectivity index (χ4n) is 9.48. The number of fused-ring (bicyclic) bond motifs is 6. The molecule has 1 spiro atoms. The molecule has 2 heterocycles. The van der Waals surface area contributed by atoms with E-state index >= 15 is 0 Å². The molecule has 0 amide bonds. The van der Waals surface area contributed by atoms with Crippen molar-refractivity contribution < 1.29 is 13.2 Å². The van der Waals surface area contributed by atoms with Crippen molar-refractivity contribution in [2.75, 3.05) is 12.8 Å². The molecular formula is C28H48N2O3S. The van der Waals surface area contributed by atoms with Crippen molar-refractivity contribution in [1.29, 1.82) is 0 Å². The van der Waals surface area contributed by atoms with Gasteiger partial charge in [0.15, 0.2) is 0 Å². The lowest BCUT2D eigenvalue weighted by molar-refractivity contribution is -0.0641. The van der Waals surface area contributed by atoms with Gasteiger partial charge in [0.05, 0.1) is 18.0 Å². The molecule has 3 N–H and O–H groups in total. The highest BCUT2D eigenvalue weighted by molar-refractivity contribution is 7.88.